The Morgan fingerprint density at radius 2 is 1.74 bits per heavy atom. The summed E-state index contributed by atoms with van der Waals surface area (Å²) in [5, 5.41) is 29.9. The van der Waals surface area contributed by atoms with Crippen molar-refractivity contribution in [2.45, 2.75) is 30.7 Å². The minimum atomic E-state index is -1.31. The van der Waals surface area contributed by atoms with E-state index in [1.165, 1.54) is 0 Å². The van der Waals surface area contributed by atoms with Crippen LogP contribution in [0.2, 0.25) is 5.02 Å². The van der Waals surface area contributed by atoms with Crippen LogP contribution >= 0.6 is 34.2 Å². The van der Waals surface area contributed by atoms with Gasteiger partial charge in [0.1, 0.15) is 24.1 Å². The van der Waals surface area contributed by atoms with Gasteiger partial charge in [-0.2, -0.15) is 0 Å². The molecular formula is C12H14ClIO5. The Morgan fingerprint density at radius 1 is 1.11 bits per heavy atom. The van der Waals surface area contributed by atoms with Gasteiger partial charge in [0, 0.05) is 9.45 Å². The van der Waals surface area contributed by atoms with Crippen LogP contribution in [0.4, 0.5) is 0 Å². The van der Waals surface area contributed by atoms with E-state index in [0.717, 1.165) is 0 Å². The molecule has 1 aliphatic heterocycles. The van der Waals surface area contributed by atoms with Crippen LogP contribution in [0, 0.1) is 0 Å². The number of alkyl halides is 1. The Kier molecular flexibility index (Phi) is 5.27. The lowest BCUT2D eigenvalue weighted by atomic mass is 10.00. The van der Waals surface area contributed by atoms with Gasteiger partial charge in [0.25, 0.3) is 0 Å². The monoisotopic (exact) mass is 400 g/mol. The van der Waals surface area contributed by atoms with Crippen molar-refractivity contribution >= 4 is 34.2 Å². The Balaban J connectivity index is 2.08. The third-order valence-corrected chi connectivity index (χ3v) is 4.01. The van der Waals surface area contributed by atoms with Gasteiger partial charge in [0.2, 0.25) is 6.29 Å². The van der Waals surface area contributed by atoms with E-state index < -0.39 is 30.7 Å². The van der Waals surface area contributed by atoms with Crippen LogP contribution in [0.3, 0.4) is 0 Å². The molecule has 1 heterocycles. The highest BCUT2D eigenvalue weighted by Gasteiger charge is 2.44. The summed E-state index contributed by atoms with van der Waals surface area (Å²) in [7, 11) is 0. The Hall–Kier alpha value is -0.120. The molecule has 0 spiro atoms. The lowest BCUT2D eigenvalue weighted by molar-refractivity contribution is -0.266. The fourth-order valence-corrected chi connectivity index (χ4v) is 2.64. The Morgan fingerprint density at radius 3 is 2.32 bits per heavy atom. The molecule has 1 aromatic carbocycles. The highest BCUT2D eigenvalue weighted by molar-refractivity contribution is 14.1. The molecule has 0 radical (unpaired) electrons. The van der Waals surface area contributed by atoms with Gasteiger partial charge in [-0.15, -0.1) is 0 Å². The van der Waals surface area contributed by atoms with Gasteiger partial charge in [-0.25, -0.2) is 0 Å². The van der Waals surface area contributed by atoms with Crippen molar-refractivity contribution in [2.75, 3.05) is 4.43 Å². The van der Waals surface area contributed by atoms with Crippen LogP contribution in [0.1, 0.15) is 0 Å². The normalized spacial score (nSPS) is 35.1. The molecule has 1 aliphatic rings. The number of hydrogen-bond acceptors (Lipinski definition) is 5. The van der Waals surface area contributed by atoms with Crippen molar-refractivity contribution in [3.63, 3.8) is 0 Å². The molecular weight excluding hydrogens is 386 g/mol. The molecule has 1 aromatic rings. The summed E-state index contributed by atoms with van der Waals surface area (Å²) in [4.78, 5) is 0. The third-order valence-electron chi connectivity index (χ3n) is 2.89. The van der Waals surface area contributed by atoms with Gasteiger partial charge >= 0.3 is 0 Å². The van der Waals surface area contributed by atoms with Crippen LogP contribution in [0.25, 0.3) is 0 Å². The van der Waals surface area contributed by atoms with Crippen LogP contribution in [-0.2, 0) is 4.74 Å². The van der Waals surface area contributed by atoms with Crippen molar-refractivity contribution in [3.8, 4) is 5.75 Å². The molecule has 1 fully saturated rings. The number of halogens is 2. The molecule has 106 valence electrons. The van der Waals surface area contributed by atoms with Crippen molar-refractivity contribution < 1.29 is 24.8 Å². The molecule has 5 atom stereocenters. The van der Waals surface area contributed by atoms with E-state index in [0.29, 0.717) is 15.2 Å². The van der Waals surface area contributed by atoms with E-state index in [1.807, 2.05) is 22.6 Å². The van der Waals surface area contributed by atoms with Crippen molar-refractivity contribution in [1.82, 2.24) is 0 Å². The van der Waals surface area contributed by atoms with E-state index in [9.17, 15) is 15.3 Å². The van der Waals surface area contributed by atoms with E-state index in [1.54, 1.807) is 24.3 Å². The lowest BCUT2D eigenvalue weighted by Gasteiger charge is -2.39. The second-order valence-corrected chi connectivity index (χ2v) is 5.56. The fraction of sp³-hybridized carbons (Fsp3) is 0.500. The highest BCUT2D eigenvalue weighted by Crippen LogP contribution is 2.25. The summed E-state index contributed by atoms with van der Waals surface area (Å²) < 4.78 is 11.4. The largest absolute Gasteiger partial charge is 0.462 e. The second-order valence-electron chi connectivity index (χ2n) is 4.24. The zero-order valence-corrected chi connectivity index (χ0v) is 12.7. The summed E-state index contributed by atoms with van der Waals surface area (Å²) in [5.74, 6) is 0.462. The quantitative estimate of drug-likeness (QED) is 0.520. The van der Waals surface area contributed by atoms with E-state index in [-0.39, 0.29) is 0 Å². The summed E-state index contributed by atoms with van der Waals surface area (Å²) in [6.45, 7) is 0. The molecule has 3 N–H and O–H groups in total. The van der Waals surface area contributed by atoms with E-state index >= 15 is 0 Å². The average Bonchev–Trinajstić information content (AvgIpc) is 2.42. The summed E-state index contributed by atoms with van der Waals surface area (Å²) >= 11 is 7.79. The smallest absolute Gasteiger partial charge is 0.229 e. The first kappa shape index (κ1) is 15.3. The van der Waals surface area contributed by atoms with Gasteiger partial charge < -0.3 is 24.8 Å². The molecule has 2 rings (SSSR count). The zero-order chi connectivity index (χ0) is 14.0. The SMILES string of the molecule is O[C@H]1[C@H](O)[C@@H](Oc2ccc(Cl)cc2)O[C@@H](CI)[C@@H]1O. The van der Waals surface area contributed by atoms with Crippen LogP contribution in [0.15, 0.2) is 24.3 Å². The maximum Gasteiger partial charge on any atom is 0.229 e. The second kappa shape index (κ2) is 6.55. The molecule has 7 heteroatoms. The van der Waals surface area contributed by atoms with Crippen molar-refractivity contribution in [1.29, 1.82) is 0 Å². The maximum atomic E-state index is 9.85. The number of aliphatic hydroxyl groups excluding tert-OH is 3. The molecule has 0 saturated carbocycles. The van der Waals surface area contributed by atoms with Gasteiger partial charge in [-0.3, -0.25) is 0 Å². The number of rotatable bonds is 3. The van der Waals surface area contributed by atoms with Gasteiger partial charge in [-0.1, -0.05) is 34.2 Å². The average molecular weight is 401 g/mol. The molecule has 1 saturated heterocycles. The third kappa shape index (κ3) is 3.50. The summed E-state index contributed by atoms with van der Waals surface area (Å²) in [5.41, 5.74) is 0. The first-order valence-corrected chi connectivity index (χ1v) is 7.61. The fourth-order valence-electron chi connectivity index (χ4n) is 1.79. The lowest BCUT2D eigenvalue weighted by Crippen LogP contribution is -2.59. The van der Waals surface area contributed by atoms with Gasteiger partial charge in [0.05, 0.1) is 6.10 Å². The predicted octanol–water partition coefficient (Wildman–Crippen LogP) is 0.961. The van der Waals surface area contributed by atoms with Crippen LogP contribution in [0.5, 0.6) is 5.75 Å². The molecule has 0 aliphatic carbocycles. The zero-order valence-electron chi connectivity index (χ0n) is 9.82. The Labute approximate surface area is 129 Å². The first-order chi connectivity index (χ1) is 9.02. The molecule has 5 nitrogen and oxygen atoms in total. The highest BCUT2D eigenvalue weighted by atomic mass is 127. The predicted molar refractivity (Wildman–Crippen MR) is 77.6 cm³/mol. The Bertz CT molecular complexity index is 413. The standard InChI is InChI=1S/C12H14ClIO5/c13-6-1-3-7(4-2-6)18-12-11(17)10(16)9(15)8(5-14)19-12/h1-4,8-12,15-17H,5H2/t8-,9-,10+,11-,12-/m0/s1. The first-order valence-electron chi connectivity index (χ1n) is 5.71. The topological polar surface area (TPSA) is 79.2 Å². The molecule has 19 heavy (non-hydrogen) atoms. The molecule has 0 bridgehead atoms. The van der Waals surface area contributed by atoms with E-state index in [4.69, 9.17) is 21.1 Å². The van der Waals surface area contributed by atoms with Gasteiger partial charge in [0.15, 0.2) is 0 Å². The molecule has 0 amide bonds. The maximum absolute atomic E-state index is 9.85. The molecule has 0 unspecified atom stereocenters. The van der Waals surface area contributed by atoms with Crippen LogP contribution < -0.4 is 4.74 Å². The number of aliphatic hydroxyl groups is 3. The van der Waals surface area contributed by atoms with Crippen molar-refractivity contribution in [3.05, 3.63) is 29.3 Å². The molecule has 0 aromatic heterocycles. The minimum absolute atomic E-state index is 0.462. The summed E-state index contributed by atoms with van der Waals surface area (Å²) in [6.07, 6.45) is -5.36. The number of hydrogen-bond donors (Lipinski definition) is 3. The van der Waals surface area contributed by atoms with Crippen molar-refractivity contribution in [2.24, 2.45) is 0 Å². The van der Waals surface area contributed by atoms with E-state index in [2.05, 4.69) is 0 Å². The van der Waals surface area contributed by atoms with Gasteiger partial charge in [-0.05, 0) is 24.3 Å². The van der Waals surface area contributed by atoms with Crippen LogP contribution in [-0.4, -0.2) is 50.5 Å². The number of benzene rings is 1. The summed E-state index contributed by atoms with van der Waals surface area (Å²) in [6, 6.07) is 6.56. The minimum Gasteiger partial charge on any atom is -0.462 e. The number of ether oxygens (including phenoxy) is 2.